The highest BCUT2D eigenvalue weighted by atomic mass is 14.0. The first-order chi connectivity index (χ1) is 10.0. The second-order valence-corrected chi connectivity index (χ2v) is 6.34. The molecule has 2 rings (SSSR count). The van der Waals surface area contributed by atoms with Gasteiger partial charge < -0.3 is 0 Å². The van der Waals surface area contributed by atoms with Crippen molar-refractivity contribution >= 4 is 0 Å². The van der Waals surface area contributed by atoms with Gasteiger partial charge in [0.25, 0.3) is 0 Å². The van der Waals surface area contributed by atoms with Crippen LogP contribution in [-0.2, 0) is 0 Å². The molecular weight excluding hydrogens is 240 g/mol. The molecule has 0 aromatic heterocycles. The molecule has 0 atom stereocenters. The molecule has 0 heteroatoms. The lowest BCUT2D eigenvalue weighted by Crippen LogP contribution is -1.82. The smallest absolute Gasteiger partial charge is 0.0351 e. The molecule has 0 radical (unpaired) electrons. The van der Waals surface area contributed by atoms with E-state index in [1.165, 1.54) is 103 Å². The van der Waals surface area contributed by atoms with Crippen molar-refractivity contribution in [3.05, 3.63) is 24.3 Å². The standard InChI is InChI=1S/C12H22.C8H14/c1-2-4-6-8-10-12-11-9-7-5-3-1;1-2-4-6-8-7-5-3-1/h1-2H,3-12H2;1-2H,3-8H2. The van der Waals surface area contributed by atoms with Crippen LogP contribution in [0, 0.1) is 0 Å². The highest BCUT2D eigenvalue weighted by Gasteiger charge is 1.93. The van der Waals surface area contributed by atoms with Crippen molar-refractivity contribution in [3.63, 3.8) is 0 Å². The summed E-state index contributed by atoms with van der Waals surface area (Å²) in [4.78, 5) is 0. The Kier molecular flexibility index (Phi) is 13.0. The minimum atomic E-state index is 1.32. The quantitative estimate of drug-likeness (QED) is 0.405. The Morgan fingerprint density at radius 1 is 0.250 bits per heavy atom. The molecule has 0 heterocycles. The minimum absolute atomic E-state index is 1.32. The lowest BCUT2D eigenvalue weighted by molar-refractivity contribution is 0.566. The van der Waals surface area contributed by atoms with Crippen LogP contribution in [0.3, 0.4) is 0 Å². The average Bonchev–Trinajstić information content (AvgIpc) is 2.39. The molecule has 0 nitrogen and oxygen atoms in total. The molecule has 0 amide bonds. The Balaban J connectivity index is 0.000000217. The number of rotatable bonds is 0. The second-order valence-electron chi connectivity index (χ2n) is 6.34. The van der Waals surface area contributed by atoms with Crippen molar-refractivity contribution in [2.24, 2.45) is 0 Å². The van der Waals surface area contributed by atoms with Crippen LogP contribution in [0.2, 0.25) is 0 Å². The van der Waals surface area contributed by atoms with Gasteiger partial charge in [-0.15, -0.1) is 0 Å². The van der Waals surface area contributed by atoms with E-state index >= 15 is 0 Å². The predicted octanol–water partition coefficient (Wildman–Crippen LogP) is 7.35. The fourth-order valence-corrected chi connectivity index (χ4v) is 2.93. The van der Waals surface area contributed by atoms with E-state index in [1.807, 2.05) is 0 Å². The van der Waals surface area contributed by atoms with Gasteiger partial charge >= 0.3 is 0 Å². The van der Waals surface area contributed by atoms with Crippen LogP contribution in [0.25, 0.3) is 0 Å². The Hall–Kier alpha value is -0.520. The van der Waals surface area contributed by atoms with Crippen LogP contribution in [-0.4, -0.2) is 0 Å². The molecule has 0 N–H and O–H groups in total. The zero-order chi connectivity index (χ0) is 14.1. The monoisotopic (exact) mass is 276 g/mol. The van der Waals surface area contributed by atoms with E-state index in [4.69, 9.17) is 0 Å². The maximum atomic E-state index is 2.38. The normalized spacial score (nSPS) is 22.4. The summed E-state index contributed by atoms with van der Waals surface area (Å²) < 4.78 is 0. The largest absolute Gasteiger partial charge is 0.0885 e. The molecule has 0 aromatic rings. The molecule has 116 valence electrons. The van der Waals surface area contributed by atoms with Crippen LogP contribution < -0.4 is 0 Å². The molecule has 0 saturated heterocycles. The third-order valence-corrected chi connectivity index (χ3v) is 4.32. The summed E-state index contributed by atoms with van der Waals surface area (Å²) in [6.07, 6.45) is 32.0. The van der Waals surface area contributed by atoms with E-state index in [-0.39, 0.29) is 0 Å². The molecule has 2 aliphatic carbocycles. The first kappa shape index (κ1) is 17.5. The summed E-state index contributed by atoms with van der Waals surface area (Å²) in [6, 6.07) is 0. The van der Waals surface area contributed by atoms with Crippen LogP contribution >= 0.6 is 0 Å². The lowest BCUT2D eigenvalue weighted by Gasteiger charge is -2.02. The van der Waals surface area contributed by atoms with E-state index in [2.05, 4.69) is 24.3 Å². The van der Waals surface area contributed by atoms with Gasteiger partial charge in [0.1, 0.15) is 0 Å². The van der Waals surface area contributed by atoms with Gasteiger partial charge in [-0.05, 0) is 51.4 Å². The first-order valence-electron chi connectivity index (χ1n) is 9.30. The van der Waals surface area contributed by atoms with Crippen LogP contribution in [0.1, 0.15) is 103 Å². The van der Waals surface area contributed by atoms with Crippen LogP contribution in [0.15, 0.2) is 24.3 Å². The number of hydrogen-bond acceptors (Lipinski definition) is 0. The zero-order valence-electron chi connectivity index (χ0n) is 13.6. The highest BCUT2D eigenvalue weighted by Crippen LogP contribution is 2.12. The molecule has 0 unspecified atom stereocenters. The summed E-state index contributed by atoms with van der Waals surface area (Å²) in [5.41, 5.74) is 0. The maximum Gasteiger partial charge on any atom is -0.0351 e. The predicted molar refractivity (Wildman–Crippen MR) is 92.2 cm³/mol. The molecule has 0 spiro atoms. The molecule has 0 aliphatic heterocycles. The van der Waals surface area contributed by atoms with Gasteiger partial charge in [-0.3, -0.25) is 0 Å². The Labute approximate surface area is 127 Å². The van der Waals surface area contributed by atoms with E-state index in [0.29, 0.717) is 0 Å². The molecule has 0 aromatic carbocycles. The van der Waals surface area contributed by atoms with Gasteiger partial charge in [0.15, 0.2) is 0 Å². The number of hydrogen-bond donors (Lipinski definition) is 0. The van der Waals surface area contributed by atoms with E-state index < -0.39 is 0 Å². The summed E-state index contributed by atoms with van der Waals surface area (Å²) in [6.45, 7) is 0. The van der Waals surface area contributed by atoms with Crippen molar-refractivity contribution in [2.45, 2.75) is 103 Å². The molecule has 20 heavy (non-hydrogen) atoms. The highest BCUT2D eigenvalue weighted by molar-refractivity contribution is 4.82. The van der Waals surface area contributed by atoms with Gasteiger partial charge in [0.05, 0.1) is 0 Å². The van der Waals surface area contributed by atoms with Crippen molar-refractivity contribution in [1.29, 1.82) is 0 Å². The second kappa shape index (κ2) is 14.9. The molecule has 0 saturated carbocycles. The molecule has 0 fully saturated rings. The summed E-state index contributed by atoms with van der Waals surface area (Å²) in [7, 11) is 0. The molecular formula is C20H36. The van der Waals surface area contributed by atoms with E-state index in [0.717, 1.165) is 0 Å². The van der Waals surface area contributed by atoms with Crippen molar-refractivity contribution in [3.8, 4) is 0 Å². The SMILES string of the molecule is C1=CCCCCCC1.C1=CCCCCCCCCCC1. The van der Waals surface area contributed by atoms with Gasteiger partial charge in [-0.25, -0.2) is 0 Å². The molecule has 2 aliphatic rings. The van der Waals surface area contributed by atoms with E-state index in [1.54, 1.807) is 0 Å². The van der Waals surface area contributed by atoms with Crippen LogP contribution in [0.5, 0.6) is 0 Å². The van der Waals surface area contributed by atoms with Gasteiger partial charge in [0, 0.05) is 0 Å². The topological polar surface area (TPSA) is 0 Å². The van der Waals surface area contributed by atoms with Crippen molar-refractivity contribution in [2.75, 3.05) is 0 Å². The maximum absolute atomic E-state index is 2.38. The molecule has 0 bridgehead atoms. The minimum Gasteiger partial charge on any atom is -0.0885 e. The Morgan fingerprint density at radius 2 is 0.450 bits per heavy atom. The summed E-state index contributed by atoms with van der Waals surface area (Å²) >= 11 is 0. The zero-order valence-corrected chi connectivity index (χ0v) is 13.6. The van der Waals surface area contributed by atoms with Gasteiger partial charge in [0.2, 0.25) is 0 Å². The fourth-order valence-electron chi connectivity index (χ4n) is 2.93. The fraction of sp³-hybridized carbons (Fsp3) is 0.800. The van der Waals surface area contributed by atoms with Crippen LogP contribution in [0.4, 0.5) is 0 Å². The van der Waals surface area contributed by atoms with Gasteiger partial charge in [-0.2, -0.15) is 0 Å². The summed E-state index contributed by atoms with van der Waals surface area (Å²) in [5.74, 6) is 0. The number of allylic oxidation sites excluding steroid dienone is 4. The Bertz CT molecular complexity index is 212. The third kappa shape index (κ3) is 12.5. The van der Waals surface area contributed by atoms with Gasteiger partial charge in [-0.1, -0.05) is 75.7 Å². The Morgan fingerprint density at radius 3 is 0.700 bits per heavy atom. The first-order valence-corrected chi connectivity index (χ1v) is 9.30. The third-order valence-electron chi connectivity index (χ3n) is 4.32. The average molecular weight is 277 g/mol. The summed E-state index contributed by atoms with van der Waals surface area (Å²) in [5, 5.41) is 0. The van der Waals surface area contributed by atoms with E-state index in [9.17, 15) is 0 Å². The van der Waals surface area contributed by atoms with Crippen molar-refractivity contribution < 1.29 is 0 Å². The van der Waals surface area contributed by atoms with Crippen molar-refractivity contribution in [1.82, 2.24) is 0 Å². The lowest BCUT2D eigenvalue weighted by atomic mass is 10.0.